The maximum atomic E-state index is 10.1. The molecule has 1 N–H and O–H groups in total. The minimum atomic E-state index is 0.321. The van der Waals surface area contributed by atoms with Gasteiger partial charge in [0.2, 0.25) is 0 Å². The molecule has 2 heteroatoms. The van der Waals surface area contributed by atoms with E-state index in [1.165, 1.54) is 96.3 Å². The van der Waals surface area contributed by atoms with E-state index >= 15 is 0 Å². The number of rotatable bonds is 19. The van der Waals surface area contributed by atoms with E-state index in [-0.39, 0.29) is 0 Å². The Kier molecular flexibility index (Phi) is 15.9. The number of phenolic OH excluding ortho intramolecular Hbond substituents is 1. The van der Waals surface area contributed by atoms with Gasteiger partial charge >= 0.3 is 0 Å². The van der Waals surface area contributed by atoms with Crippen LogP contribution in [0.5, 0.6) is 11.5 Å². The smallest absolute Gasteiger partial charge is 0.161 e. The third-order valence-corrected chi connectivity index (χ3v) is 5.72. The van der Waals surface area contributed by atoms with E-state index in [4.69, 9.17) is 4.74 Å². The summed E-state index contributed by atoms with van der Waals surface area (Å²) in [6.07, 6.45) is 22.9. The van der Waals surface area contributed by atoms with Crippen molar-refractivity contribution < 1.29 is 9.84 Å². The number of para-hydroxylation sites is 1. The molecule has 0 radical (unpaired) electrons. The number of hydrogen-bond donors (Lipinski definition) is 1. The summed E-state index contributed by atoms with van der Waals surface area (Å²) in [5.74, 6) is 0.960. The summed E-state index contributed by atoms with van der Waals surface area (Å²) in [5, 5.41) is 10.1. The lowest BCUT2D eigenvalue weighted by Crippen LogP contribution is -1.98. The molecule has 0 atom stereocenters. The van der Waals surface area contributed by atoms with Crippen LogP contribution < -0.4 is 4.74 Å². The van der Waals surface area contributed by atoms with E-state index in [0.717, 1.165) is 18.4 Å². The molecular formula is C26H46O2. The van der Waals surface area contributed by atoms with E-state index in [9.17, 15) is 5.11 Å². The maximum Gasteiger partial charge on any atom is 0.161 e. The van der Waals surface area contributed by atoms with Gasteiger partial charge in [0.05, 0.1) is 6.61 Å². The lowest BCUT2D eigenvalue weighted by Gasteiger charge is -2.10. The van der Waals surface area contributed by atoms with Gasteiger partial charge in [0.1, 0.15) is 0 Å². The van der Waals surface area contributed by atoms with Gasteiger partial charge in [0, 0.05) is 0 Å². The summed E-state index contributed by atoms with van der Waals surface area (Å²) in [7, 11) is 0. The molecule has 0 aliphatic rings. The van der Waals surface area contributed by atoms with Crippen LogP contribution in [0.4, 0.5) is 0 Å². The topological polar surface area (TPSA) is 29.5 Å². The van der Waals surface area contributed by atoms with Crippen LogP contribution in [0.15, 0.2) is 18.2 Å². The van der Waals surface area contributed by atoms with E-state index in [1.54, 1.807) is 0 Å². The fraction of sp³-hybridized carbons (Fsp3) is 0.769. The van der Waals surface area contributed by atoms with Gasteiger partial charge in [-0.25, -0.2) is 0 Å². The first-order chi connectivity index (χ1) is 13.8. The molecule has 0 aliphatic carbocycles. The van der Waals surface area contributed by atoms with Crippen LogP contribution in [0.3, 0.4) is 0 Å². The average Bonchev–Trinajstić information content (AvgIpc) is 2.71. The third kappa shape index (κ3) is 12.3. The quantitative estimate of drug-likeness (QED) is 0.240. The predicted molar refractivity (Wildman–Crippen MR) is 123 cm³/mol. The number of ether oxygens (including phenoxy) is 1. The Morgan fingerprint density at radius 3 is 1.57 bits per heavy atom. The Morgan fingerprint density at radius 2 is 1.11 bits per heavy atom. The predicted octanol–water partition coefficient (Wildman–Crippen LogP) is 8.59. The SMILES string of the molecule is CCCCCCCCCCCCCCCCCCOc1cccc(CC)c1O. The Balaban J connectivity index is 1.82. The fourth-order valence-electron chi connectivity index (χ4n) is 3.80. The van der Waals surface area contributed by atoms with Crippen molar-refractivity contribution in [3.8, 4) is 11.5 Å². The number of aryl methyl sites for hydroxylation is 1. The minimum absolute atomic E-state index is 0.321. The molecule has 0 aliphatic heterocycles. The zero-order chi connectivity index (χ0) is 20.3. The lowest BCUT2D eigenvalue weighted by atomic mass is 10.0. The molecule has 28 heavy (non-hydrogen) atoms. The third-order valence-electron chi connectivity index (χ3n) is 5.72. The summed E-state index contributed by atoms with van der Waals surface area (Å²) >= 11 is 0. The number of phenols is 1. The highest BCUT2D eigenvalue weighted by atomic mass is 16.5. The van der Waals surface area contributed by atoms with E-state index in [2.05, 4.69) is 13.8 Å². The number of aromatic hydroxyl groups is 1. The van der Waals surface area contributed by atoms with Gasteiger partial charge < -0.3 is 9.84 Å². The van der Waals surface area contributed by atoms with E-state index in [0.29, 0.717) is 18.1 Å². The highest BCUT2D eigenvalue weighted by Gasteiger charge is 2.06. The van der Waals surface area contributed by atoms with Gasteiger partial charge in [-0.1, -0.05) is 122 Å². The maximum absolute atomic E-state index is 10.1. The second-order valence-electron chi connectivity index (χ2n) is 8.27. The van der Waals surface area contributed by atoms with Crippen LogP contribution in [0.2, 0.25) is 0 Å². The fourth-order valence-corrected chi connectivity index (χ4v) is 3.80. The zero-order valence-electron chi connectivity index (χ0n) is 18.8. The first-order valence-electron chi connectivity index (χ1n) is 12.2. The van der Waals surface area contributed by atoms with Gasteiger partial charge in [-0.15, -0.1) is 0 Å². The van der Waals surface area contributed by atoms with Crippen molar-refractivity contribution in [2.45, 2.75) is 123 Å². The summed E-state index contributed by atoms with van der Waals surface area (Å²) in [6, 6.07) is 5.78. The van der Waals surface area contributed by atoms with Crippen LogP contribution in [0, 0.1) is 0 Å². The van der Waals surface area contributed by atoms with Crippen LogP contribution in [0.25, 0.3) is 0 Å². The Bertz CT molecular complexity index is 470. The van der Waals surface area contributed by atoms with E-state index in [1.807, 2.05) is 18.2 Å². The molecule has 1 rings (SSSR count). The zero-order valence-corrected chi connectivity index (χ0v) is 18.8. The molecule has 0 unspecified atom stereocenters. The van der Waals surface area contributed by atoms with Gasteiger partial charge in [-0.05, 0) is 24.5 Å². The molecule has 1 aromatic carbocycles. The second kappa shape index (κ2) is 17.9. The van der Waals surface area contributed by atoms with Crippen LogP contribution >= 0.6 is 0 Å². The van der Waals surface area contributed by atoms with Gasteiger partial charge in [-0.3, -0.25) is 0 Å². The van der Waals surface area contributed by atoms with Crippen LogP contribution in [-0.4, -0.2) is 11.7 Å². The van der Waals surface area contributed by atoms with Crippen molar-refractivity contribution >= 4 is 0 Å². The van der Waals surface area contributed by atoms with Crippen molar-refractivity contribution in [3.63, 3.8) is 0 Å². The van der Waals surface area contributed by atoms with Crippen molar-refractivity contribution in [1.82, 2.24) is 0 Å². The Labute approximate surface area is 175 Å². The monoisotopic (exact) mass is 390 g/mol. The van der Waals surface area contributed by atoms with Gasteiger partial charge in [0.15, 0.2) is 11.5 Å². The number of benzene rings is 1. The van der Waals surface area contributed by atoms with E-state index < -0.39 is 0 Å². The molecule has 0 saturated carbocycles. The largest absolute Gasteiger partial charge is 0.504 e. The minimum Gasteiger partial charge on any atom is -0.504 e. The van der Waals surface area contributed by atoms with Crippen LogP contribution in [0.1, 0.15) is 122 Å². The number of unbranched alkanes of at least 4 members (excludes halogenated alkanes) is 15. The second-order valence-corrected chi connectivity index (χ2v) is 8.27. The number of hydrogen-bond acceptors (Lipinski definition) is 2. The molecule has 162 valence electrons. The van der Waals surface area contributed by atoms with Gasteiger partial charge in [0.25, 0.3) is 0 Å². The molecule has 2 nitrogen and oxygen atoms in total. The molecule has 1 aromatic rings. The van der Waals surface area contributed by atoms with Crippen molar-refractivity contribution in [2.24, 2.45) is 0 Å². The summed E-state index contributed by atoms with van der Waals surface area (Å²) in [5.41, 5.74) is 0.962. The van der Waals surface area contributed by atoms with Crippen molar-refractivity contribution in [1.29, 1.82) is 0 Å². The first kappa shape index (κ1) is 24.9. The molecule has 0 amide bonds. The molecule has 0 spiro atoms. The summed E-state index contributed by atoms with van der Waals surface area (Å²) < 4.78 is 5.75. The molecular weight excluding hydrogens is 344 g/mol. The normalized spacial score (nSPS) is 11.1. The lowest BCUT2D eigenvalue weighted by molar-refractivity contribution is 0.288. The summed E-state index contributed by atoms with van der Waals surface area (Å²) in [4.78, 5) is 0. The Morgan fingerprint density at radius 1 is 0.643 bits per heavy atom. The average molecular weight is 391 g/mol. The van der Waals surface area contributed by atoms with Gasteiger partial charge in [-0.2, -0.15) is 0 Å². The molecule has 0 heterocycles. The highest BCUT2D eigenvalue weighted by Crippen LogP contribution is 2.30. The standard InChI is InChI=1S/C26H46O2/c1-3-5-6-7-8-9-10-11-12-13-14-15-16-17-18-19-23-28-25-22-20-21-24(4-2)26(25)27/h20-22,27H,3-19,23H2,1-2H3. The highest BCUT2D eigenvalue weighted by molar-refractivity contribution is 5.45. The van der Waals surface area contributed by atoms with Crippen LogP contribution in [-0.2, 0) is 6.42 Å². The van der Waals surface area contributed by atoms with Crippen molar-refractivity contribution in [2.75, 3.05) is 6.61 Å². The Hall–Kier alpha value is -1.18. The molecule has 0 aromatic heterocycles. The molecule has 0 fully saturated rings. The molecule has 0 saturated heterocycles. The molecule has 0 bridgehead atoms. The first-order valence-corrected chi connectivity index (χ1v) is 12.2. The van der Waals surface area contributed by atoms with Crippen molar-refractivity contribution in [3.05, 3.63) is 23.8 Å². The summed E-state index contributed by atoms with van der Waals surface area (Å²) in [6.45, 7) is 5.04.